The summed E-state index contributed by atoms with van der Waals surface area (Å²) in [5.74, 6) is 0.965. The molecule has 0 unspecified atom stereocenters. The molecule has 0 saturated carbocycles. The van der Waals surface area contributed by atoms with Crippen LogP contribution in [-0.2, 0) is 6.54 Å². The second-order valence-corrected chi connectivity index (χ2v) is 2.74. The van der Waals surface area contributed by atoms with Crippen molar-refractivity contribution in [3.8, 4) is 0 Å². The molecular weight excluding hydrogens is 180 g/mol. The molecule has 72 valence electrons. The average Bonchev–Trinajstić information content (AvgIpc) is 2.67. The summed E-state index contributed by atoms with van der Waals surface area (Å²) in [6, 6.07) is 3.51. The molecule has 0 spiro atoms. The topological polar surface area (TPSA) is 92.5 Å². The summed E-state index contributed by atoms with van der Waals surface area (Å²) in [6.07, 6.45) is 3.30. The minimum Gasteiger partial charge on any atom is -0.384 e. The summed E-state index contributed by atoms with van der Waals surface area (Å²) in [5.41, 5.74) is 6.46. The number of anilines is 2. The Balaban J connectivity index is 1.98. The fourth-order valence-electron chi connectivity index (χ4n) is 1.02. The van der Waals surface area contributed by atoms with Crippen LogP contribution in [0.2, 0.25) is 0 Å². The lowest BCUT2D eigenvalue weighted by atomic mass is 10.4. The average molecular weight is 190 g/mol. The highest BCUT2D eigenvalue weighted by molar-refractivity contribution is 5.35. The first-order chi connectivity index (χ1) is 6.84. The zero-order valence-electron chi connectivity index (χ0n) is 7.44. The van der Waals surface area contributed by atoms with E-state index in [-0.39, 0.29) is 0 Å². The maximum atomic E-state index is 5.50. The van der Waals surface area contributed by atoms with Crippen LogP contribution in [0.5, 0.6) is 0 Å². The molecule has 0 bridgehead atoms. The van der Waals surface area contributed by atoms with Gasteiger partial charge in [-0.15, -0.1) is 0 Å². The molecule has 0 aliphatic rings. The van der Waals surface area contributed by atoms with Gasteiger partial charge in [0.05, 0.1) is 12.2 Å². The molecule has 14 heavy (non-hydrogen) atoms. The number of nitrogens with zero attached hydrogens (tertiary/aromatic N) is 3. The van der Waals surface area contributed by atoms with Crippen molar-refractivity contribution in [2.24, 2.45) is 0 Å². The number of aromatic amines is 1. The normalized spacial score (nSPS) is 10.0. The summed E-state index contributed by atoms with van der Waals surface area (Å²) < 4.78 is 0. The van der Waals surface area contributed by atoms with E-state index in [1.807, 2.05) is 6.07 Å². The third-order valence-corrected chi connectivity index (χ3v) is 1.67. The molecule has 2 aromatic heterocycles. The van der Waals surface area contributed by atoms with Gasteiger partial charge >= 0.3 is 0 Å². The van der Waals surface area contributed by atoms with Crippen LogP contribution in [-0.4, -0.2) is 20.2 Å². The fourth-order valence-corrected chi connectivity index (χ4v) is 1.02. The minimum absolute atomic E-state index is 0.451. The Kier molecular flexibility index (Phi) is 2.26. The Morgan fingerprint density at radius 3 is 3.00 bits per heavy atom. The molecule has 0 fully saturated rings. The molecular formula is C8H10N6. The van der Waals surface area contributed by atoms with E-state index in [2.05, 4.69) is 25.5 Å². The third-order valence-electron chi connectivity index (χ3n) is 1.67. The molecule has 0 radical (unpaired) electrons. The van der Waals surface area contributed by atoms with Crippen LogP contribution < -0.4 is 11.1 Å². The predicted octanol–water partition coefficient (Wildman–Crippen LogP) is 0.394. The van der Waals surface area contributed by atoms with Crippen molar-refractivity contribution in [3.63, 3.8) is 0 Å². The molecule has 0 amide bonds. The van der Waals surface area contributed by atoms with E-state index >= 15 is 0 Å². The number of hydrogen-bond acceptors (Lipinski definition) is 5. The Bertz CT molecular complexity index is 396. The highest BCUT2D eigenvalue weighted by Crippen LogP contribution is 2.02. The first-order valence-corrected chi connectivity index (χ1v) is 4.15. The lowest BCUT2D eigenvalue weighted by Gasteiger charge is -2.02. The summed E-state index contributed by atoms with van der Waals surface area (Å²) >= 11 is 0. The van der Waals surface area contributed by atoms with E-state index in [9.17, 15) is 0 Å². The monoisotopic (exact) mass is 190 g/mol. The number of nitrogens with two attached hydrogens (primary N) is 1. The van der Waals surface area contributed by atoms with Crippen molar-refractivity contribution in [1.29, 1.82) is 0 Å². The summed E-state index contributed by atoms with van der Waals surface area (Å²) in [4.78, 5) is 8.00. The largest absolute Gasteiger partial charge is 0.384 e. The van der Waals surface area contributed by atoms with Gasteiger partial charge in [0.1, 0.15) is 5.82 Å². The van der Waals surface area contributed by atoms with Crippen molar-refractivity contribution in [3.05, 3.63) is 30.2 Å². The van der Waals surface area contributed by atoms with Gasteiger partial charge in [-0.25, -0.2) is 4.98 Å². The van der Waals surface area contributed by atoms with E-state index in [0.717, 1.165) is 5.69 Å². The molecule has 0 aliphatic carbocycles. The van der Waals surface area contributed by atoms with Gasteiger partial charge in [0.15, 0.2) is 0 Å². The van der Waals surface area contributed by atoms with Crippen LogP contribution in [0.1, 0.15) is 5.69 Å². The van der Waals surface area contributed by atoms with Gasteiger partial charge in [-0.05, 0) is 12.1 Å². The summed E-state index contributed by atoms with van der Waals surface area (Å²) in [7, 11) is 0. The van der Waals surface area contributed by atoms with Crippen LogP contribution in [0.4, 0.5) is 11.8 Å². The first kappa shape index (κ1) is 8.49. The maximum absolute atomic E-state index is 5.50. The van der Waals surface area contributed by atoms with Gasteiger partial charge in [-0.3, -0.25) is 5.10 Å². The van der Waals surface area contributed by atoms with Gasteiger partial charge in [0.25, 0.3) is 0 Å². The molecule has 0 aliphatic heterocycles. The number of aromatic nitrogens is 4. The van der Waals surface area contributed by atoms with Crippen molar-refractivity contribution >= 4 is 11.8 Å². The van der Waals surface area contributed by atoms with Crippen LogP contribution in [0.3, 0.4) is 0 Å². The van der Waals surface area contributed by atoms with E-state index in [1.165, 1.54) is 0 Å². The van der Waals surface area contributed by atoms with Crippen molar-refractivity contribution < 1.29 is 0 Å². The SMILES string of the molecule is Nc1ccnc(NCc2ccn[nH]2)n1. The highest BCUT2D eigenvalue weighted by atomic mass is 15.1. The molecule has 6 nitrogen and oxygen atoms in total. The summed E-state index contributed by atoms with van der Waals surface area (Å²) in [5, 5.41) is 9.66. The summed E-state index contributed by atoms with van der Waals surface area (Å²) in [6.45, 7) is 0.601. The van der Waals surface area contributed by atoms with Gasteiger partial charge in [-0.2, -0.15) is 10.1 Å². The Hall–Kier alpha value is -2.11. The van der Waals surface area contributed by atoms with Gasteiger partial charge in [-0.1, -0.05) is 0 Å². The van der Waals surface area contributed by atoms with Crippen molar-refractivity contribution in [1.82, 2.24) is 20.2 Å². The maximum Gasteiger partial charge on any atom is 0.224 e. The van der Waals surface area contributed by atoms with Crippen LogP contribution in [0.25, 0.3) is 0 Å². The van der Waals surface area contributed by atoms with E-state index in [1.54, 1.807) is 18.5 Å². The zero-order chi connectivity index (χ0) is 9.80. The molecule has 2 aromatic rings. The predicted molar refractivity (Wildman–Crippen MR) is 52.4 cm³/mol. The van der Waals surface area contributed by atoms with Gasteiger partial charge in [0, 0.05) is 12.4 Å². The van der Waals surface area contributed by atoms with Gasteiger partial charge < -0.3 is 11.1 Å². The van der Waals surface area contributed by atoms with Gasteiger partial charge in [0.2, 0.25) is 5.95 Å². The standard InChI is InChI=1S/C8H10N6/c9-7-2-3-10-8(13-7)11-5-6-1-4-12-14-6/h1-4H,5H2,(H,12,14)(H3,9,10,11,13). The second kappa shape index (κ2) is 3.73. The van der Waals surface area contributed by atoms with Crippen LogP contribution in [0.15, 0.2) is 24.5 Å². The fraction of sp³-hybridized carbons (Fsp3) is 0.125. The smallest absolute Gasteiger partial charge is 0.224 e. The van der Waals surface area contributed by atoms with Crippen molar-refractivity contribution in [2.75, 3.05) is 11.1 Å². The van der Waals surface area contributed by atoms with E-state index < -0.39 is 0 Å². The lowest BCUT2D eigenvalue weighted by Crippen LogP contribution is -2.04. The first-order valence-electron chi connectivity index (χ1n) is 4.15. The molecule has 0 aromatic carbocycles. The number of nitrogen functional groups attached to an aromatic ring is 1. The molecule has 0 atom stereocenters. The Labute approximate surface area is 80.6 Å². The zero-order valence-corrected chi connectivity index (χ0v) is 7.44. The molecule has 0 saturated heterocycles. The highest BCUT2D eigenvalue weighted by Gasteiger charge is 1.97. The van der Waals surface area contributed by atoms with Crippen LogP contribution in [0, 0.1) is 0 Å². The third kappa shape index (κ3) is 1.98. The number of nitrogens with one attached hydrogen (secondary N) is 2. The molecule has 4 N–H and O–H groups in total. The number of hydrogen-bond donors (Lipinski definition) is 3. The number of rotatable bonds is 3. The van der Waals surface area contributed by atoms with E-state index in [4.69, 9.17) is 5.73 Å². The van der Waals surface area contributed by atoms with Crippen molar-refractivity contribution in [2.45, 2.75) is 6.54 Å². The minimum atomic E-state index is 0.451. The molecule has 6 heteroatoms. The van der Waals surface area contributed by atoms with E-state index in [0.29, 0.717) is 18.3 Å². The molecule has 2 rings (SSSR count). The quantitative estimate of drug-likeness (QED) is 0.651. The molecule has 2 heterocycles. The van der Waals surface area contributed by atoms with Crippen LogP contribution >= 0.6 is 0 Å². The lowest BCUT2D eigenvalue weighted by molar-refractivity contribution is 0.962. The Morgan fingerprint density at radius 2 is 2.29 bits per heavy atom. The Morgan fingerprint density at radius 1 is 1.36 bits per heavy atom. The number of H-pyrrole nitrogens is 1. The second-order valence-electron chi connectivity index (χ2n) is 2.74.